The van der Waals surface area contributed by atoms with Crippen LogP contribution in [0.15, 0.2) is 18.3 Å². The van der Waals surface area contributed by atoms with Crippen LogP contribution >= 0.6 is 0 Å². The summed E-state index contributed by atoms with van der Waals surface area (Å²) in [6.07, 6.45) is 2.69. The molecule has 2 amide bonds. The molecule has 1 atom stereocenters. The number of hydrogen-bond acceptors (Lipinski definition) is 4. The van der Waals surface area contributed by atoms with Gasteiger partial charge in [-0.25, -0.2) is 4.98 Å². The molecule has 102 valence electrons. The van der Waals surface area contributed by atoms with E-state index in [4.69, 9.17) is 0 Å². The van der Waals surface area contributed by atoms with Gasteiger partial charge in [-0.05, 0) is 18.6 Å². The molecule has 6 heteroatoms. The van der Waals surface area contributed by atoms with Crippen molar-refractivity contribution in [2.24, 2.45) is 5.92 Å². The summed E-state index contributed by atoms with van der Waals surface area (Å²) >= 11 is 0. The first-order valence-electron chi connectivity index (χ1n) is 6.28. The predicted molar refractivity (Wildman–Crippen MR) is 72.9 cm³/mol. The fourth-order valence-corrected chi connectivity index (χ4v) is 2.04. The van der Waals surface area contributed by atoms with Gasteiger partial charge in [0.25, 0.3) is 0 Å². The number of nitrogens with zero attached hydrogens (tertiary/aromatic N) is 2. The molecule has 19 heavy (non-hydrogen) atoms. The third-order valence-corrected chi connectivity index (χ3v) is 3.10. The molecular weight excluding hydrogens is 244 g/mol. The van der Waals surface area contributed by atoms with Crippen LogP contribution in [-0.4, -0.2) is 37.4 Å². The highest BCUT2D eigenvalue weighted by Gasteiger charge is 2.25. The molecule has 1 aliphatic heterocycles. The van der Waals surface area contributed by atoms with E-state index in [-0.39, 0.29) is 17.7 Å². The summed E-state index contributed by atoms with van der Waals surface area (Å²) in [4.78, 5) is 29.3. The normalized spacial score (nSPS) is 18.6. The third-order valence-electron chi connectivity index (χ3n) is 3.10. The van der Waals surface area contributed by atoms with Crippen LogP contribution in [0, 0.1) is 5.92 Å². The lowest BCUT2D eigenvalue weighted by Crippen LogP contribution is -2.40. The number of carbonyl (C=O) groups is 2. The van der Waals surface area contributed by atoms with Crippen molar-refractivity contribution in [1.29, 1.82) is 0 Å². The first-order chi connectivity index (χ1) is 9.08. The van der Waals surface area contributed by atoms with Gasteiger partial charge in [-0.15, -0.1) is 0 Å². The van der Waals surface area contributed by atoms with Gasteiger partial charge in [-0.2, -0.15) is 0 Å². The van der Waals surface area contributed by atoms with Crippen LogP contribution in [0.2, 0.25) is 0 Å². The van der Waals surface area contributed by atoms with E-state index in [1.807, 2.05) is 25.1 Å². The van der Waals surface area contributed by atoms with Gasteiger partial charge in [-0.3, -0.25) is 9.59 Å². The number of pyridine rings is 1. The summed E-state index contributed by atoms with van der Waals surface area (Å²) in [6, 6.07) is 3.60. The van der Waals surface area contributed by atoms with Gasteiger partial charge < -0.3 is 15.5 Å². The first kappa shape index (κ1) is 13.3. The molecule has 0 saturated carbocycles. The van der Waals surface area contributed by atoms with Gasteiger partial charge in [-0.1, -0.05) is 0 Å². The molecule has 2 heterocycles. The highest BCUT2D eigenvalue weighted by molar-refractivity contribution is 5.96. The smallest absolute Gasteiger partial charge is 0.229 e. The summed E-state index contributed by atoms with van der Waals surface area (Å²) in [5.41, 5.74) is 0.689. The number of aromatic nitrogens is 1. The van der Waals surface area contributed by atoms with Gasteiger partial charge >= 0.3 is 0 Å². The Hall–Kier alpha value is -2.11. The molecule has 1 aromatic rings. The van der Waals surface area contributed by atoms with E-state index in [1.54, 1.807) is 12.3 Å². The van der Waals surface area contributed by atoms with Crippen molar-refractivity contribution >= 4 is 23.3 Å². The second-order valence-corrected chi connectivity index (χ2v) is 4.80. The second kappa shape index (κ2) is 5.69. The largest absolute Gasteiger partial charge is 0.361 e. The van der Waals surface area contributed by atoms with Gasteiger partial charge in [0.1, 0.15) is 0 Å². The van der Waals surface area contributed by atoms with E-state index < -0.39 is 0 Å². The highest BCUT2D eigenvalue weighted by Crippen LogP contribution is 2.22. The molecule has 1 fully saturated rings. The summed E-state index contributed by atoms with van der Waals surface area (Å²) in [7, 11) is 3.75. The number of carbonyl (C=O) groups excluding carboxylic acids is 2. The Balaban J connectivity index is 2.05. The summed E-state index contributed by atoms with van der Waals surface area (Å²) in [5, 5.41) is 5.59. The SMILES string of the molecule is CN(C)c1ncccc1NC(=O)C1CCC(=O)NC1. The monoisotopic (exact) mass is 262 g/mol. The van der Waals surface area contributed by atoms with Crippen LogP contribution in [-0.2, 0) is 9.59 Å². The van der Waals surface area contributed by atoms with Crippen LogP contribution < -0.4 is 15.5 Å². The van der Waals surface area contributed by atoms with Gasteiger partial charge in [0.15, 0.2) is 5.82 Å². The van der Waals surface area contributed by atoms with Crippen molar-refractivity contribution in [3.8, 4) is 0 Å². The zero-order valence-electron chi connectivity index (χ0n) is 11.1. The highest BCUT2D eigenvalue weighted by atomic mass is 16.2. The van der Waals surface area contributed by atoms with Crippen molar-refractivity contribution in [1.82, 2.24) is 10.3 Å². The standard InChI is InChI=1S/C13H18N4O2/c1-17(2)12-10(4-3-7-14-12)16-13(19)9-5-6-11(18)15-8-9/h3-4,7,9H,5-6,8H2,1-2H3,(H,15,18)(H,16,19). The number of piperidine rings is 1. The Labute approximate surface area is 112 Å². The van der Waals surface area contributed by atoms with Crippen molar-refractivity contribution in [2.75, 3.05) is 30.9 Å². The lowest BCUT2D eigenvalue weighted by atomic mass is 9.98. The molecular formula is C13H18N4O2. The van der Waals surface area contributed by atoms with Crippen LogP contribution in [0.3, 0.4) is 0 Å². The average molecular weight is 262 g/mol. The summed E-state index contributed by atoms with van der Waals surface area (Å²) in [5.74, 6) is 0.485. The molecule has 0 radical (unpaired) electrons. The molecule has 0 aliphatic carbocycles. The fourth-order valence-electron chi connectivity index (χ4n) is 2.04. The molecule has 6 nitrogen and oxygen atoms in total. The minimum atomic E-state index is -0.173. The molecule has 0 bridgehead atoms. The van der Waals surface area contributed by atoms with E-state index in [2.05, 4.69) is 15.6 Å². The topological polar surface area (TPSA) is 74.3 Å². The fraction of sp³-hybridized carbons (Fsp3) is 0.462. The van der Waals surface area contributed by atoms with Crippen LogP contribution in [0.25, 0.3) is 0 Å². The van der Waals surface area contributed by atoms with Crippen molar-refractivity contribution in [2.45, 2.75) is 12.8 Å². The minimum Gasteiger partial charge on any atom is -0.361 e. The van der Waals surface area contributed by atoms with Gasteiger partial charge in [0.2, 0.25) is 11.8 Å². The maximum atomic E-state index is 12.1. The number of hydrogen-bond donors (Lipinski definition) is 2. The Morgan fingerprint density at radius 1 is 1.53 bits per heavy atom. The molecule has 1 aromatic heterocycles. The Morgan fingerprint density at radius 2 is 2.32 bits per heavy atom. The average Bonchev–Trinajstić information content (AvgIpc) is 2.39. The molecule has 0 spiro atoms. The zero-order chi connectivity index (χ0) is 13.8. The van der Waals surface area contributed by atoms with Gasteiger partial charge in [0.05, 0.1) is 11.6 Å². The quantitative estimate of drug-likeness (QED) is 0.837. The molecule has 1 saturated heterocycles. The molecule has 1 aliphatic rings. The Morgan fingerprint density at radius 3 is 2.95 bits per heavy atom. The maximum Gasteiger partial charge on any atom is 0.229 e. The zero-order valence-corrected chi connectivity index (χ0v) is 11.1. The lowest BCUT2D eigenvalue weighted by Gasteiger charge is -2.23. The third kappa shape index (κ3) is 3.21. The number of nitrogens with one attached hydrogen (secondary N) is 2. The number of amides is 2. The molecule has 0 aromatic carbocycles. The van der Waals surface area contributed by atoms with Crippen molar-refractivity contribution in [3.05, 3.63) is 18.3 Å². The van der Waals surface area contributed by atoms with E-state index in [1.165, 1.54) is 0 Å². The lowest BCUT2D eigenvalue weighted by molar-refractivity contribution is -0.126. The van der Waals surface area contributed by atoms with Crippen LogP contribution in [0.1, 0.15) is 12.8 Å². The predicted octanol–water partition coefficient (Wildman–Crippen LogP) is 0.612. The van der Waals surface area contributed by atoms with Crippen molar-refractivity contribution in [3.63, 3.8) is 0 Å². The minimum absolute atomic E-state index is 0.0133. The van der Waals surface area contributed by atoms with Gasteiger partial charge in [0, 0.05) is 33.3 Å². The van der Waals surface area contributed by atoms with Crippen LogP contribution in [0.4, 0.5) is 11.5 Å². The van der Waals surface area contributed by atoms with E-state index in [9.17, 15) is 9.59 Å². The molecule has 1 unspecified atom stereocenters. The summed E-state index contributed by atoms with van der Waals surface area (Å²) < 4.78 is 0. The Bertz CT molecular complexity index is 477. The Kier molecular flexibility index (Phi) is 3.99. The molecule has 2 rings (SSSR count). The van der Waals surface area contributed by atoms with E-state index in [0.717, 1.165) is 5.82 Å². The van der Waals surface area contributed by atoms with Crippen LogP contribution in [0.5, 0.6) is 0 Å². The van der Waals surface area contributed by atoms with Crippen molar-refractivity contribution < 1.29 is 9.59 Å². The second-order valence-electron chi connectivity index (χ2n) is 4.80. The molecule has 2 N–H and O–H groups in total. The number of rotatable bonds is 3. The van der Waals surface area contributed by atoms with E-state index in [0.29, 0.717) is 25.1 Å². The van der Waals surface area contributed by atoms with E-state index >= 15 is 0 Å². The summed E-state index contributed by atoms with van der Waals surface area (Å²) in [6.45, 7) is 0.405. The number of anilines is 2. The maximum absolute atomic E-state index is 12.1. The first-order valence-corrected chi connectivity index (χ1v) is 6.28.